The van der Waals surface area contributed by atoms with Gasteiger partial charge in [0.1, 0.15) is 22.6 Å². The zero-order chi connectivity index (χ0) is 26.7. The van der Waals surface area contributed by atoms with Crippen LogP contribution in [0.15, 0.2) is 33.8 Å². The Morgan fingerprint density at radius 2 is 1.89 bits per heavy atom. The van der Waals surface area contributed by atoms with Crippen molar-refractivity contribution in [3.63, 3.8) is 0 Å². The molecule has 2 aromatic rings. The quantitative estimate of drug-likeness (QED) is 0.212. The van der Waals surface area contributed by atoms with E-state index in [-0.39, 0.29) is 47.5 Å². The second-order valence-electron chi connectivity index (χ2n) is 9.63. The number of rotatable bonds is 8. The molecule has 1 aliphatic heterocycles. The second-order valence-corrected chi connectivity index (χ2v) is 10.9. The van der Waals surface area contributed by atoms with Crippen molar-refractivity contribution in [1.82, 2.24) is 10.1 Å². The van der Waals surface area contributed by atoms with Gasteiger partial charge >= 0.3 is 6.36 Å². The predicted octanol–water partition coefficient (Wildman–Crippen LogP) is 6.59. The molecule has 0 spiro atoms. The van der Waals surface area contributed by atoms with Crippen LogP contribution in [-0.4, -0.2) is 59.4 Å². The summed E-state index contributed by atoms with van der Waals surface area (Å²) in [6, 6.07) is 6.38. The average Bonchev–Trinajstić information content (AvgIpc) is 3.60. The number of hydrogen-bond acceptors (Lipinski definition) is 7. The van der Waals surface area contributed by atoms with Crippen molar-refractivity contribution in [3.05, 3.63) is 35.6 Å². The van der Waals surface area contributed by atoms with Gasteiger partial charge in [0.05, 0.1) is 12.7 Å². The fourth-order valence-electron chi connectivity index (χ4n) is 4.87. The number of nitrogens with zero attached hydrogens (tertiary/aromatic N) is 3. The number of hydrogen-bond donors (Lipinski definition) is 0. The lowest BCUT2D eigenvalue weighted by atomic mass is 9.95. The van der Waals surface area contributed by atoms with Crippen molar-refractivity contribution in [2.75, 3.05) is 14.2 Å². The maximum Gasteiger partial charge on any atom is 0.573 e. The molecule has 2 fully saturated rings. The van der Waals surface area contributed by atoms with Gasteiger partial charge in [-0.25, -0.2) is 0 Å². The number of amidine groups is 1. The fraction of sp³-hybridized carbons (Fsp3) is 0.615. The molecule has 204 valence electrons. The monoisotopic (exact) mass is 541 g/mol. The van der Waals surface area contributed by atoms with Crippen molar-refractivity contribution in [2.24, 2.45) is 4.99 Å². The minimum atomic E-state index is -4.81. The van der Waals surface area contributed by atoms with Gasteiger partial charge in [-0.3, -0.25) is 4.99 Å². The molecule has 11 heteroatoms. The summed E-state index contributed by atoms with van der Waals surface area (Å²) >= 11 is 1.59. The fourth-order valence-corrected chi connectivity index (χ4v) is 5.85. The molecule has 37 heavy (non-hydrogen) atoms. The molecule has 2 heterocycles. The number of aromatic nitrogens is 1. The summed E-state index contributed by atoms with van der Waals surface area (Å²) in [6.45, 7) is 6.51. The summed E-state index contributed by atoms with van der Waals surface area (Å²) < 4.78 is 60.8. The number of likely N-dealkylation sites (tertiary alicyclic amines) is 1. The highest BCUT2D eigenvalue weighted by molar-refractivity contribution is 8.14. The minimum absolute atomic E-state index is 0.0101. The Kier molecular flexibility index (Phi) is 8.75. The van der Waals surface area contributed by atoms with Crippen LogP contribution in [-0.2, 0) is 16.1 Å². The first-order valence-corrected chi connectivity index (χ1v) is 13.4. The Labute approximate surface area is 219 Å². The maximum absolute atomic E-state index is 13.0. The van der Waals surface area contributed by atoms with Gasteiger partial charge in [0, 0.05) is 43.3 Å². The Bertz CT molecular complexity index is 1080. The highest BCUT2D eigenvalue weighted by Gasteiger charge is 2.37. The van der Waals surface area contributed by atoms with E-state index >= 15 is 0 Å². The van der Waals surface area contributed by atoms with E-state index in [0.717, 1.165) is 30.9 Å². The molecule has 0 N–H and O–H groups in total. The summed E-state index contributed by atoms with van der Waals surface area (Å²) in [5.74, 6) is 0.607. The standard InChI is InChI=1S/C26H34F3N3O4S/c1-15-12-19(13-16(2)32(15)25(30-4)37-17(3)33-5)34-14-21-23(31-36-24(21)18-10-11-18)20-8-6-7-9-22(20)35-26(27,28)29/h6-9,15-19H,10-14H2,1-5H3/b30-25-/t15-,16-,17?/m1/s1. The lowest BCUT2D eigenvalue weighted by Gasteiger charge is -2.44. The summed E-state index contributed by atoms with van der Waals surface area (Å²) in [5, 5.41) is 5.11. The molecule has 0 bridgehead atoms. The smallest absolute Gasteiger partial charge is 0.405 e. The van der Waals surface area contributed by atoms with Gasteiger partial charge in [-0.05, 0) is 58.6 Å². The first kappa shape index (κ1) is 27.8. The van der Waals surface area contributed by atoms with E-state index < -0.39 is 6.36 Å². The van der Waals surface area contributed by atoms with Crippen LogP contribution in [0.2, 0.25) is 0 Å². The third-order valence-corrected chi connectivity index (χ3v) is 7.90. The third-order valence-electron chi connectivity index (χ3n) is 6.77. The zero-order valence-electron chi connectivity index (χ0n) is 21.7. The molecule has 1 saturated heterocycles. The topological polar surface area (TPSA) is 69.3 Å². The Morgan fingerprint density at radius 1 is 1.22 bits per heavy atom. The lowest BCUT2D eigenvalue weighted by Crippen LogP contribution is -2.51. The van der Waals surface area contributed by atoms with E-state index in [1.54, 1.807) is 38.1 Å². The lowest BCUT2D eigenvalue weighted by molar-refractivity contribution is -0.274. The largest absolute Gasteiger partial charge is 0.573 e. The molecular formula is C26H34F3N3O4S. The molecule has 2 aliphatic rings. The first-order chi connectivity index (χ1) is 17.6. The predicted molar refractivity (Wildman–Crippen MR) is 137 cm³/mol. The number of aliphatic imine (C=N–C) groups is 1. The Morgan fingerprint density at radius 3 is 2.49 bits per heavy atom. The van der Waals surface area contributed by atoms with Crippen molar-refractivity contribution in [3.8, 4) is 17.0 Å². The van der Waals surface area contributed by atoms with E-state index in [1.807, 2.05) is 6.92 Å². The molecule has 0 radical (unpaired) electrons. The summed E-state index contributed by atoms with van der Waals surface area (Å²) in [7, 11) is 3.47. The molecule has 1 aromatic heterocycles. The highest BCUT2D eigenvalue weighted by Crippen LogP contribution is 2.46. The minimum Gasteiger partial charge on any atom is -0.405 e. The number of methoxy groups -OCH3 is 1. The third kappa shape index (κ3) is 6.80. The number of benzene rings is 1. The number of ether oxygens (including phenoxy) is 3. The van der Waals surface area contributed by atoms with Crippen LogP contribution in [0, 0.1) is 0 Å². The molecule has 1 aromatic carbocycles. The summed E-state index contributed by atoms with van der Waals surface area (Å²) in [6.07, 6.45) is -1.33. The van der Waals surface area contributed by atoms with Gasteiger partial charge in [-0.15, -0.1) is 13.2 Å². The van der Waals surface area contributed by atoms with Crippen molar-refractivity contribution in [2.45, 2.75) is 89.0 Å². The number of para-hydroxylation sites is 1. The first-order valence-electron chi connectivity index (χ1n) is 12.5. The molecular weight excluding hydrogens is 507 g/mol. The second kappa shape index (κ2) is 11.7. The summed E-state index contributed by atoms with van der Waals surface area (Å²) in [4.78, 5) is 6.81. The average molecular weight is 542 g/mol. The van der Waals surface area contributed by atoms with Crippen LogP contribution >= 0.6 is 11.8 Å². The van der Waals surface area contributed by atoms with Gasteiger partial charge < -0.3 is 23.6 Å². The van der Waals surface area contributed by atoms with Crippen molar-refractivity contribution >= 4 is 16.9 Å². The van der Waals surface area contributed by atoms with Gasteiger partial charge in [-0.2, -0.15) is 0 Å². The normalized spacial score (nSPS) is 23.8. The maximum atomic E-state index is 13.0. The molecule has 0 amide bonds. The van der Waals surface area contributed by atoms with E-state index in [9.17, 15) is 13.2 Å². The van der Waals surface area contributed by atoms with Crippen LogP contribution in [0.25, 0.3) is 11.3 Å². The molecule has 7 nitrogen and oxygen atoms in total. The molecule has 1 unspecified atom stereocenters. The van der Waals surface area contributed by atoms with Crippen LogP contribution in [0.1, 0.15) is 63.7 Å². The van der Waals surface area contributed by atoms with Crippen molar-refractivity contribution in [1.29, 1.82) is 0 Å². The van der Waals surface area contributed by atoms with E-state index in [1.165, 1.54) is 12.1 Å². The van der Waals surface area contributed by atoms with Crippen LogP contribution in [0.3, 0.4) is 0 Å². The van der Waals surface area contributed by atoms with Gasteiger partial charge in [-0.1, -0.05) is 29.1 Å². The number of alkyl halides is 3. The zero-order valence-corrected chi connectivity index (χ0v) is 22.6. The highest BCUT2D eigenvalue weighted by atomic mass is 32.2. The SMILES string of the molecule is C/N=C(\SC(C)OC)N1[C@H](C)CC(OCc2c(-c3ccccc3OC(F)(F)F)noc2C2CC2)C[C@H]1C. The number of piperidine rings is 1. The Balaban J connectivity index is 1.51. The summed E-state index contributed by atoms with van der Waals surface area (Å²) in [5.41, 5.74) is 1.26. The van der Waals surface area contributed by atoms with Crippen LogP contribution < -0.4 is 4.74 Å². The molecule has 1 saturated carbocycles. The Hall–Kier alpha value is -2.24. The van der Waals surface area contributed by atoms with Gasteiger partial charge in [0.2, 0.25) is 0 Å². The van der Waals surface area contributed by atoms with E-state index in [4.69, 9.17) is 14.0 Å². The molecule has 3 atom stereocenters. The number of thioether (sulfide) groups is 1. The van der Waals surface area contributed by atoms with Crippen molar-refractivity contribution < 1.29 is 31.9 Å². The molecule has 4 rings (SSSR count). The van der Waals surface area contributed by atoms with Crippen LogP contribution in [0.4, 0.5) is 13.2 Å². The van der Waals surface area contributed by atoms with E-state index in [2.05, 4.69) is 33.6 Å². The number of halogens is 3. The van der Waals surface area contributed by atoms with Gasteiger partial charge in [0.15, 0.2) is 5.17 Å². The van der Waals surface area contributed by atoms with Gasteiger partial charge in [0.25, 0.3) is 0 Å². The van der Waals surface area contributed by atoms with E-state index in [0.29, 0.717) is 17.0 Å². The molecule has 1 aliphatic carbocycles. The van der Waals surface area contributed by atoms with Crippen LogP contribution in [0.5, 0.6) is 5.75 Å².